The Morgan fingerprint density at radius 1 is 1.00 bits per heavy atom. The van der Waals surface area contributed by atoms with Crippen molar-refractivity contribution in [3.05, 3.63) is 53.1 Å². The Kier molecular flexibility index (Phi) is 6.38. The van der Waals surface area contributed by atoms with Crippen LogP contribution in [-0.4, -0.2) is 47.1 Å². The van der Waals surface area contributed by atoms with Gasteiger partial charge in [-0.25, -0.2) is 18.5 Å². The lowest BCUT2D eigenvalue weighted by molar-refractivity contribution is 0.327. The number of aliphatic imine (C=N–C) groups is 1. The van der Waals surface area contributed by atoms with Crippen LogP contribution < -0.4 is 15.8 Å². The number of azo groups is 1. The molecule has 0 spiro atoms. The molecular formula is C24H30N6O2S. The van der Waals surface area contributed by atoms with Crippen molar-refractivity contribution in [1.82, 2.24) is 10.6 Å². The van der Waals surface area contributed by atoms with Crippen LogP contribution in [0.1, 0.15) is 41.9 Å². The van der Waals surface area contributed by atoms with Gasteiger partial charge in [0.15, 0.2) is 12.5 Å². The Hall–Kier alpha value is -2.46. The summed E-state index contributed by atoms with van der Waals surface area (Å²) in [6.07, 6.45) is 3.81. The van der Waals surface area contributed by atoms with Crippen molar-refractivity contribution in [2.45, 2.75) is 36.5 Å². The van der Waals surface area contributed by atoms with Gasteiger partial charge in [-0.3, -0.25) is 0 Å². The van der Waals surface area contributed by atoms with Crippen molar-refractivity contribution in [3.63, 3.8) is 0 Å². The van der Waals surface area contributed by atoms with Crippen LogP contribution in [0.5, 0.6) is 0 Å². The Morgan fingerprint density at radius 2 is 1.76 bits per heavy atom. The normalized spacial score (nSPS) is 19.5. The van der Waals surface area contributed by atoms with Gasteiger partial charge < -0.3 is 10.6 Å². The number of piperidine rings is 1. The van der Waals surface area contributed by atoms with Gasteiger partial charge in [-0.05, 0) is 86.0 Å². The number of hydrogen-bond acceptors (Lipinski definition) is 7. The van der Waals surface area contributed by atoms with E-state index >= 15 is 0 Å². The molecule has 174 valence electrons. The fourth-order valence-electron chi connectivity index (χ4n) is 4.97. The van der Waals surface area contributed by atoms with Crippen LogP contribution in [-0.2, 0) is 16.4 Å². The van der Waals surface area contributed by atoms with E-state index in [9.17, 15) is 8.42 Å². The number of amidine groups is 1. The zero-order valence-corrected chi connectivity index (χ0v) is 19.4. The molecule has 3 aliphatic heterocycles. The maximum Gasteiger partial charge on any atom is 0.239 e. The third kappa shape index (κ3) is 4.77. The standard InChI is InChI=1S/C24H30N6O2S/c25-33(31,32)23-20(2-1-16-13-27-14-16)7-8-21(22(23)24-28-15-29-30-24)19-5-3-17(4-6-19)18-9-11-26-12-10-18/h3-8,16,18,26-27H,1-2,9-15H2,(H2,25,31,32). The second kappa shape index (κ2) is 9.42. The number of nitrogens with zero attached hydrogens (tertiary/aromatic N) is 3. The number of rotatable bonds is 7. The van der Waals surface area contributed by atoms with E-state index < -0.39 is 10.0 Å². The van der Waals surface area contributed by atoms with E-state index in [0.717, 1.165) is 62.1 Å². The lowest BCUT2D eigenvalue weighted by Gasteiger charge is -2.27. The molecule has 2 saturated heterocycles. The van der Waals surface area contributed by atoms with Crippen molar-refractivity contribution < 1.29 is 8.42 Å². The third-order valence-corrected chi connectivity index (χ3v) is 7.95. The van der Waals surface area contributed by atoms with E-state index in [1.165, 1.54) is 5.56 Å². The van der Waals surface area contributed by atoms with Gasteiger partial charge in [-0.1, -0.05) is 36.4 Å². The zero-order chi connectivity index (χ0) is 22.8. The molecule has 0 unspecified atom stereocenters. The van der Waals surface area contributed by atoms with Crippen LogP contribution in [0.3, 0.4) is 0 Å². The Bertz CT molecular complexity index is 1180. The fraction of sp³-hybridized carbons (Fsp3) is 0.458. The smallest absolute Gasteiger partial charge is 0.239 e. The first-order valence-corrected chi connectivity index (χ1v) is 13.2. The highest BCUT2D eigenvalue weighted by Crippen LogP contribution is 2.35. The van der Waals surface area contributed by atoms with Gasteiger partial charge in [0.1, 0.15) is 0 Å². The minimum atomic E-state index is -4.00. The number of hydrogen-bond donors (Lipinski definition) is 3. The first kappa shape index (κ1) is 22.3. The van der Waals surface area contributed by atoms with Crippen molar-refractivity contribution in [1.29, 1.82) is 0 Å². The lowest BCUT2D eigenvalue weighted by Crippen LogP contribution is -2.42. The molecule has 2 aromatic rings. The molecule has 0 aromatic heterocycles. The summed E-state index contributed by atoms with van der Waals surface area (Å²) in [5.74, 6) is 1.45. The zero-order valence-electron chi connectivity index (χ0n) is 18.6. The molecule has 0 aliphatic carbocycles. The highest BCUT2D eigenvalue weighted by Gasteiger charge is 2.28. The number of primary sulfonamides is 1. The molecule has 3 heterocycles. The maximum atomic E-state index is 12.8. The largest absolute Gasteiger partial charge is 0.317 e. The summed E-state index contributed by atoms with van der Waals surface area (Å²) in [4.78, 5) is 4.50. The first-order valence-electron chi connectivity index (χ1n) is 11.6. The lowest BCUT2D eigenvalue weighted by atomic mass is 9.88. The van der Waals surface area contributed by atoms with E-state index in [1.54, 1.807) is 0 Å². The molecule has 9 heteroatoms. The molecule has 3 aliphatic rings. The van der Waals surface area contributed by atoms with Crippen LogP contribution in [0.15, 0.2) is 56.5 Å². The molecule has 0 amide bonds. The summed E-state index contributed by atoms with van der Waals surface area (Å²) < 4.78 is 25.7. The number of aryl methyl sites for hydroxylation is 1. The van der Waals surface area contributed by atoms with E-state index in [0.29, 0.717) is 29.7 Å². The number of nitrogens with two attached hydrogens (primary N) is 1. The average molecular weight is 467 g/mol. The molecule has 33 heavy (non-hydrogen) atoms. The second-order valence-electron chi connectivity index (χ2n) is 9.10. The van der Waals surface area contributed by atoms with E-state index in [-0.39, 0.29) is 11.6 Å². The van der Waals surface area contributed by atoms with Gasteiger partial charge in [0.25, 0.3) is 0 Å². The molecule has 0 radical (unpaired) electrons. The Labute approximate surface area is 194 Å². The average Bonchev–Trinajstić information content (AvgIpc) is 3.32. The van der Waals surface area contributed by atoms with Crippen LogP contribution in [0.4, 0.5) is 0 Å². The Morgan fingerprint density at radius 3 is 2.36 bits per heavy atom. The highest BCUT2D eigenvalue weighted by atomic mass is 32.2. The summed E-state index contributed by atoms with van der Waals surface area (Å²) in [5.41, 5.74) is 4.20. The minimum absolute atomic E-state index is 0.134. The van der Waals surface area contributed by atoms with Crippen molar-refractivity contribution in [2.24, 2.45) is 26.3 Å². The number of sulfonamides is 1. The summed E-state index contributed by atoms with van der Waals surface area (Å²) in [7, 11) is -4.00. The van der Waals surface area contributed by atoms with Gasteiger partial charge in [-0.2, -0.15) is 5.11 Å². The van der Waals surface area contributed by atoms with Crippen molar-refractivity contribution in [3.8, 4) is 11.1 Å². The molecule has 0 saturated carbocycles. The monoisotopic (exact) mass is 466 g/mol. The fourth-order valence-corrected chi connectivity index (χ4v) is 5.99. The topological polar surface area (TPSA) is 121 Å². The number of benzene rings is 2. The minimum Gasteiger partial charge on any atom is -0.317 e. The summed E-state index contributed by atoms with van der Waals surface area (Å²) in [6.45, 7) is 4.22. The third-order valence-electron chi connectivity index (χ3n) is 6.92. The molecule has 2 fully saturated rings. The predicted molar refractivity (Wildman–Crippen MR) is 129 cm³/mol. The molecule has 0 atom stereocenters. The molecule has 0 bridgehead atoms. The van der Waals surface area contributed by atoms with Crippen LogP contribution >= 0.6 is 0 Å². The SMILES string of the molecule is NS(=O)(=O)c1c(CCC2CNC2)ccc(-c2ccc(C3CCNCC3)cc2)c1C1=NCN=N1. The molecular weight excluding hydrogens is 436 g/mol. The molecule has 4 N–H and O–H groups in total. The van der Waals surface area contributed by atoms with Crippen molar-refractivity contribution >= 4 is 15.9 Å². The summed E-state index contributed by atoms with van der Waals surface area (Å²) >= 11 is 0. The molecule has 5 rings (SSSR count). The molecule has 2 aromatic carbocycles. The first-order chi connectivity index (χ1) is 16.0. The van der Waals surface area contributed by atoms with E-state index in [2.05, 4.69) is 50.1 Å². The second-order valence-corrected chi connectivity index (χ2v) is 10.6. The van der Waals surface area contributed by atoms with Gasteiger partial charge in [-0.15, -0.1) is 5.11 Å². The summed E-state index contributed by atoms with van der Waals surface area (Å²) in [6, 6.07) is 12.3. The van der Waals surface area contributed by atoms with E-state index in [1.807, 2.05) is 12.1 Å². The predicted octanol–water partition coefficient (Wildman–Crippen LogP) is 2.79. The quantitative estimate of drug-likeness (QED) is 0.581. The van der Waals surface area contributed by atoms with E-state index in [4.69, 9.17) is 5.14 Å². The van der Waals surface area contributed by atoms with Crippen LogP contribution in [0.25, 0.3) is 11.1 Å². The highest BCUT2D eigenvalue weighted by molar-refractivity contribution is 7.89. The summed E-state index contributed by atoms with van der Waals surface area (Å²) in [5, 5.41) is 20.6. The van der Waals surface area contributed by atoms with Gasteiger partial charge >= 0.3 is 0 Å². The van der Waals surface area contributed by atoms with Gasteiger partial charge in [0.2, 0.25) is 10.0 Å². The number of nitrogens with one attached hydrogen (secondary N) is 2. The maximum absolute atomic E-state index is 12.8. The van der Waals surface area contributed by atoms with Gasteiger partial charge in [0.05, 0.1) is 4.90 Å². The Balaban J connectivity index is 1.57. The van der Waals surface area contributed by atoms with Crippen LogP contribution in [0.2, 0.25) is 0 Å². The van der Waals surface area contributed by atoms with Gasteiger partial charge in [0, 0.05) is 5.56 Å². The van der Waals surface area contributed by atoms with Crippen LogP contribution in [0, 0.1) is 5.92 Å². The van der Waals surface area contributed by atoms with Crippen molar-refractivity contribution in [2.75, 3.05) is 32.8 Å². The molecule has 8 nitrogen and oxygen atoms in total.